The van der Waals surface area contributed by atoms with Crippen LogP contribution in [0.5, 0.6) is 0 Å². The van der Waals surface area contributed by atoms with E-state index in [1.807, 2.05) is 4.68 Å². The van der Waals surface area contributed by atoms with Gasteiger partial charge in [-0.1, -0.05) is 36.8 Å². The van der Waals surface area contributed by atoms with Gasteiger partial charge in [-0.3, -0.25) is 4.68 Å². The molecule has 108 valence electrons. The summed E-state index contributed by atoms with van der Waals surface area (Å²) in [6.07, 6.45) is 5.48. The zero-order chi connectivity index (χ0) is 14.4. The monoisotopic (exact) mass is 272 g/mol. The van der Waals surface area contributed by atoms with Gasteiger partial charge >= 0.3 is 0 Å². The maximum atomic E-state index is 6.23. The summed E-state index contributed by atoms with van der Waals surface area (Å²) in [6, 6.07) is 8.80. The van der Waals surface area contributed by atoms with E-state index in [1.165, 1.54) is 11.1 Å². The summed E-state index contributed by atoms with van der Waals surface area (Å²) in [7, 11) is 0. The fourth-order valence-electron chi connectivity index (χ4n) is 2.29. The van der Waals surface area contributed by atoms with Crippen LogP contribution in [0.25, 0.3) is 0 Å². The summed E-state index contributed by atoms with van der Waals surface area (Å²) in [5.74, 6) is 1.00. The molecule has 1 atom stereocenters. The highest BCUT2D eigenvalue weighted by Crippen LogP contribution is 2.09. The van der Waals surface area contributed by atoms with Gasteiger partial charge in [-0.25, -0.2) is 4.98 Å². The lowest BCUT2D eigenvalue weighted by molar-refractivity contribution is 0.527. The highest BCUT2D eigenvalue weighted by atomic mass is 15.3. The molecular formula is C16H24N4. The van der Waals surface area contributed by atoms with Gasteiger partial charge in [0.2, 0.25) is 0 Å². The van der Waals surface area contributed by atoms with Gasteiger partial charge in [0, 0.05) is 19.0 Å². The van der Waals surface area contributed by atoms with Gasteiger partial charge in [0.1, 0.15) is 12.2 Å². The fraction of sp³-hybridized carbons (Fsp3) is 0.500. The van der Waals surface area contributed by atoms with E-state index in [1.54, 1.807) is 6.33 Å². The second-order valence-corrected chi connectivity index (χ2v) is 5.39. The van der Waals surface area contributed by atoms with E-state index < -0.39 is 0 Å². The molecule has 20 heavy (non-hydrogen) atoms. The van der Waals surface area contributed by atoms with Gasteiger partial charge in [0.15, 0.2) is 0 Å². The first-order chi connectivity index (χ1) is 9.69. The first-order valence-electron chi connectivity index (χ1n) is 7.37. The van der Waals surface area contributed by atoms with Crippen molar-refractivity contribution in [2.45, 2.75) is 52.1 Å². The van der Waals surface area contributed by atoms with Crippen LogP contribution in [-0.4, -0.2) is 20.8 Å². The standard InChI is InChI=1S/C16H24N4/c1-3-10-20-16(18-12-19-20)11-15(17)9-8-14-6-4-13(2)5-7-14/h4-7,12,15H,3,8-11,17H2,1-2H3. The van der Waals surface area contributed by atoms with Crippen LogP contribution >= 0.6 is 0 Å². The molecular weight excluding hydrogens is 248 g/mol. The Morgan fingerprint density at radius 2 is 2.00 bits per heavy atom. The van der Waals surface area contributed by atoms with Crippen molar-refractivity contribution in [2.75, 3.05) is 0 Å². The summed E-state index contributed by atoms with van der Waals surface area (Å²) < 4.78 is 1.96. The van der Waals surface area contributed by atoms with Crippen LogP contribution in [0.4, 0.5) is 0 Å². The third kappa shape index (κ3) is 4.17. The second kappa shape index (κ2) is 7.20. The van der Waals surface area contributed by atoms with Crippen LogP contribution in [0.1, 0.15) is 36.7 Å². The summed E-state index contributed by atoms with van der Waals surface area (Å²) in [6.45, 7) is 5.17. The molecule has 0 radical (unpaired) electrons. The Hall–Kier alpha value is -1.68. The second-order valence-electron chi connectivity index (χ2n) is 5.39. The molecule has 1 aromatic carbocycles. The number of nitrogens with two attached hydrogens (primary N) is 1. The van der Waals surface area contributed by atoms with Crippen LogP contribution in [0, 0.1) is 6.92 Å². The molecule has 0 spiro atoms. The van der Waals surface area contributed by atoms with Gasteiger partial charge in [0.05, 0.1) is 0 Å². The SMILES string of the molecule is CCCn1ncnc1CC(N)CCc1ccc(C)cc1. The average molecular weight is 272 g/mol. The molecule has 0 aliphatic heterocycles. The van der Waals surface area contributed by atoms with Crippen molar-refractivity contribution in [1.29, 1.82) is 0 Å². The molecule has 0 bridgehead atoms. The number of benzene rings is 1. The average Bonchev–Trinajstić information content (AvgIpc) is 2.86. The molecule has 0 amide bonds. The number of hydrogen-bond donors (Lipinski definition) is 1. The Morgan fingerprint density at radius 1 is 1.25 bits per heavy atom. The van der Waals surface area contributed by atoms with Crippen molar-refractivity contribution >= 4 is 0 Å². The van der Waals surface area contributed by atoms with Gasteiger partial charge in [-0.2, -0.15) is 5.10 Å². The van der Waals surface area contributed by atoms with E-state index in [-0.39, 0.29) is 6.04 Å². The first-order valence-corrected chi connectivity index (χ1v) is 7.37. The predicted octanol–water partition coefficient (Wildman–Crippen LogP) is 2.50. The largest absolute Gasteiger partial charge is 0.327 e. The Labute approximate surface area is 121 Å². The zero-order valence-corrected chi connectivity index (χ0v) is 12.4. The lowest BCUT2D eigenvalue weighted by Crippen LogP contribution is -2.25. The minimum atomic E-state index is 0.135. The Bertz CT molecular complexity index is 516. The number of aromatic nitrogens is 3. The van der Waals surface area contributed by atoms with Crippen LogP contribution in [0.2, 0.25) is 0 Å². The molecule has 1 aromatic heterocycles. The number of hydrogen-bond acceptors (Lipinski definition) is 3. The highest BCUT2D eigenvalue weighted by Gasteiger charge is 2.10. The predicted molar refractivity (Wildman–Crippen MR) is 81.5 cm³/mol. The minimum absolute atomic E-state index is 0.135. The van der Waals surface area contributed by atoms with Gasteiger partial charge < -0.3 is 5.73 Å². The Balaban J connectivity index is 1.84. The zero-order valence-electron chi connectivity index (χ0n) is 12.4. The minimum Gasteiger partial charge on any atom is -0.327 e. The molecule has 1 unspecified atom stereocenters. The van der Waals surface area contributed by atoms with Crippen molar-refractivity contribution in [3.05, 3.63) is 47.5 Å². The fourth-order valence-corrected chi connectivity index (χ4v) is 2.29. The molecule has 0 aliphatic rings. The molecule has 1 heterocycles. The normalized spacial score (nSPS) is 12.6. The summed E-state index contributed by atoms with van der Waals surface area (Å²) in [4.78, 5) is 4.31. The molecule has 0 saturated carbocycles. The van der Waals surface area contributed by atoms with Crippen molar-refractivity contribution < 1.29 is 0 Å². The van der Waals surface area contributed by atoms with Gasteiger partial charge in [-0.15, -0.1) is 0 Å². The van der Waals surface area contributed by atoms with E-state index in [0.717, 1.165) is 38.1 Å². The molecule has 0 aliphatic carbocycles. The molecule has 2 aromatic rings. The molecule has 4 heteroatoms. The van der Waals surface area contributed by atoms with E-state index in [2.05, 4.69) is 48.2 Å². The maximum absolute atomic E-state index is 6.23. The van der Waals surface area contributed by atoms with E-state index in [9.17, 15) is 0 Å². The van der Waals surface area contributed by atoms with E-state index >= 15 is 0 Å². The third-order valence-electron chi connectivity index (χ3n) is 3.50. The van der Waals surface area contributed by atoms with Crippen LogP contribution in [0.15, 0.2) is 30.6 Å². The molecule has 0 fully saturated rings. The van der Waals surface area contributed by atoms with Gasteiger partial charge in [0.25, 0.3) is 0 Å². The third-order valence-corrected chi connectivity index (χ3v) is 3.50. The summed E-state index contributed by atoms with van der Waals surface area (Å²) in [5.41, 5.74) is 8.87. The number of nitrogens with zero attached hydrogens (tertiary/aromatic N) is 3. The highest BCUT2D eigenvalue weighted by molar-refractivity contribution is 5.21. The first kappa shape index (κ1) is 14.7. The van der Waals surface area contributed by atoms with Crippen LogP contribution in [-0.2, 0) is 19.4 Å². The lowest BCUT2D eigenvalue weighted by atomic mass is 10.0. The molecule has 2 N–H and O–H groups in total. The summed E-state index contributed by atoms with van der Waals surface area (Å²) >= 11 is 0. The van der Waals surface area contributed by atoms with Crippen LogP contribution in [0.3, 0.4) is 0 Å². The molecule has 4 nitrogen and oxygen atoms in total. The smallest absolute Gasteiger partial charge is 0.138 e. The molecule has 2 rings (SSSR count). The topological polar surface area (TPSA) is 56.7 Å². The Morgan fingerprint density at radius 3 is 2.70 bits per heavy atom. The van der Waals surface area contributed by atoms with Crippen molar-refractivity contribution in [3.63, 3.8) is 0 Å². The van der Waals surface area contributed by atoms with E-state index in [4.69, 9.17) is 5.73 Å². The lowest BCUT2D eigenvalue weighted by Gasteiger charge is -2.12. The van der Waals surface area contributed by atoms with Crippen LogP contribution < -0.4 is 5.73 Å². The van der Waals surface area contributed by atoms with Crippen molar-refractivity contribution in [2.24, 2.45) is 5.73 Å². The Kier molecular flexibility index (Phi) is 5.30. The van der Waals surface area contributed by atoms with Crippen molar-refractivity contribution in [1.82, 2.24) is 14.8 Å². The summed E-state index contributed by atoms with van der Waals surface area (Å²) in [5, 5.41) is 4.24. The molecule has 0 saturated heterocycles. The van der Waals surface area contributed by atoms with Gasteiger partial charge in [-0.05, 0) is 31.7 Å². The maximum Gasteiger partial charge on any atom is 0.138 e. The van der Waals surface area contributed by atoms with E-state index in [0.29, 0.717) is 0 Å². The quantitative estimate of drug-likeness (QED) is 0.842. The number of aryl methyl sites for hydroxylation is 3. The number of rotatable bonds is 7. The van der Waals surface area contributed by atoms with Crippen molar-refractivity contribution in [3.8, 4) is 0 Å².